The van der Waals surface area contributed by atoms with E-state index in [1.54, 1.807) is 18.4 Å². The number of thiazole rings is 1. The normalized spacial score (nSPS) is 11.3. The fourth-order valence-corrected chi connectivity index (χ4v) is 3.85. The molecule has 2 N–H and O–H groups in total. The lowest BCUT2D eigenvalue weighted by Gasteiger charge is -2.14. The molecule has 31 heavy (non-hydrogen) atoms. The smallest absolute Gasteiger partial charge is 0.191 e. The van der Waals surface area contributed by atoms with Gasteiger partial charge in [-0.3, -0.25) is 4.99 Å². The number of benzene rings is 2. The van der Waals surface area contributed by atoms with Crippen LogP contribution in [-0.4, -0.2) is 18.0 Å². The van der Waals surface area contributed by atoms with Crippen molar-refractivity contribution >= 4 is 41.3 Å². The Kier molecular flexibility index (Phi) is 11.0. The summed E-state index contributed by atoms with van der Waals surface area (Å²) in [4.78, 5) is 9.00. The number of hydrogen-bond donors (Lipinski definition) is 2. The van der Waals surface area contributed by atoms with E-state index in [0.717, 1.165) is 16.7 Å². The minimum Gasteiger partial charge on any atom is -0.372 e. The van der Waals surface area contributed by atoms with Crippen molar-refractivity contribution in [3.05, 3.63) is 87.4 Å². The lowest BCUT2D eigenvalue weighted by molar-refractivity contribution is 0.106. The van der Waals surface area contributed by atoms with Crippen LogP contribution in [0.1, 0.15) is 47.2 Å². The van der Waals surface area contributed by atoms with Crippen LogP contribution in [0.5, 0.6) is 0 Å². The van der Waals surface area contributed by atoms with Gasteiger partial charge in [0.25, 0.3) is 0 Å². The predicted octanol–water partition coefficient (Wildman–Crippen LogP) is 5.47. The van der Waals surface area contributed by atoms with Crippen LogP contribution >= 0.6 is 35.3 Å². The number of ether oxygens (including phenoxy) is 1. The second kappa shape index (κ2) is 13.4. The van der Waals surface area contributed by atoms with Crippen molar-refractivity contribution in [2.24, 2.45) is 4.99 Å². The molecule has 166 valence electrons. The van der Waals surface area contributed by atoms with E-state index >= 15 is 0 Å². The number of nitrogens with zero attached hydrogens (tertiary/aromatic N) is 2. The van der Waals surface area contributed by atoms with Gasteiger partial charge in [0.15, 0.2) is 5.96 Å². The second-order valence-electron chi connectivity index (χ2n) is 7.35. The molecule has 7 heteroatoms. The van der Waals surface area contributed by atoms with Crippen molar-refractivity contribution in [3.8, 4) is 0 Å². The fourth-order valence-electron chi connectivity index (χ4n) is 2.95. The Labute approximate surface area is 206 Å². The van der Waals surface area contributed by atoms with Gasteiger partial charge in [-0.05, 0) is 22.6 Å². The third-order valence-corrected chi connectivity index (χ3v) is 5.59. The third-order valence-electron chi connectivity index (χ3n) is 4.73. The van der Waals surface area contributed by atoms with Crippen molar-refractivity contribution in [2.45, 2.75) is 46.1 Å². The standard InChI is InChI=1S/C24H30N4OS.HI/c1-18(2)22-17-30-23(28-22)14-27-24(25-3)26-13-20-11-7-8-12-21(20)16-29-15-19-9-5-4-6-10-19;/h4-12,17-18H,13-16H2,1-3H3,(H2,25,26,27);1H. The Morgan fingerprint density at radius 1 is 0.968 bits per heavy atom. The summed E-state index contributed by atoms with van der Waals surface area (Å²) < 4.78 is 5.93. The number of aromatic nitrogens is 1. The van der Waals surface area contributed by atoms with Gasteiger partial charge in [0.1, 0.15) is 5.01 Å². The Hall–Kier alpha value is -1.97. The van der Waals surface area contributed by atoms with Gasteiger partial charge in [-0.1, -0.05) is 68.4 Å². The van der Waals surface area contributed by atoms with E-state index in [4.69, 9.17) is 4.74 Å². The molecule has 0 saturated carbocycles. The molecule has 1 heterocycles. The first-order valence-electron chi connectivity index (χ1n) is 10.2. The number of guanidine groups is 1. The van der Waals surface area contributed by atoms with E-state index in [0.29, 0.717) is 32.2 Å². The van der Waals surface area contributed by atoms with Gasteiger partial charge in [-0.25, -0.2) is 4.98 Å². The quantitative estimate of drug-likeness (QED) is 0.211. The predicted molar refractivity (Wildman–Crippen MR) is 140 cm³/mol. The van der Waals surface area contributed by atoms with Crippen LogP contribution in [0.25, 0.3) is 0 Å². The molecule has 0 aliphatic heterocycles. The van der Waals surface area contributed by atoms with Crippen LogP contribution in [0, 0.1) is 0 Å². The Morgan fingerprint density at radius 2 is 1.65 bits per heavy atom. The largest absolute Gasteiger partial charge is 0.372 e. The van der Waals surface area contributed by atoms with Crippen molar-refractivity contribution in [3.63, 3.8) is 0 Å². The minimum absolute atomic E-state index is 0. The Morgan fingerprint density at radius 3 is 2.32 bits per heavy atom. The SMILES string of the molecule is CN=C(NCc1nc(C(C)C)cs1)NCc1ccccc1COCc1ccccc1.I. The number of halogens is 1. The summed E-state index contributed by atoms with van der Waals surface area (Å²) in [6.07, 6.45) is 0. The molecule has 0 bridgehead atoms. The van der Waals surface area contributed by atoms with Gasteiger partial charge in [-0.15, -0.1) is 35.3 Å². The highest BCUT2D eigenvalue weighted by molar-refractivity contribution is 14.0. The maximum absolute atomic E-state index is 5.93. The minimum atomic E-state index is 0. The van der Waals surface area contributed by atoms with E-state index in [1.165, 1.54) is 16.7 Å². The van der Waals surface area contributed by atoms with Crippen molar-refractivity contribution < 1.29 is 4.74 Å². The summed E-state index contributed by atoms with van der Waals surface area (Å²) >= 11 is 1.68. The van der Waals surface area contributed by atoms with Crippen LogP contribution in [-0.2, 0) is 31.0 Å². The summed E-state index contributed by atoms with van der Waals surface area (Å²) in [5.41, 5.74) is 4.70. The molecule has 5 nitrogen and oxygen atoms in total. The highest BCUT2D eigenvalue weighted by Gasteiger charge is 2.07. The van der Waals surface area contributed by atoms with Gasteiger partial charge in [0.2, 0.25) is 0 Å². The first-order valence-corrected chi connectivity index (χ1v) is 11.1. The van der Waals surface area contributed by atoms with Crippen LogP contribution in [0.3, 0.4) is 0 Å². The van der Waals surface area contributed by atoms with Crippen LogP contribution in [0.2, 0.25) is 0 Å². The molecule has 0 saturated heterocycles. The molecule has 0 radical (unpaired) electrons. The van der Waals surface area contributed by atoms with Gasteiger partial charge in [-0.2, -0.15) is 0 Å². The lowest BCUT2D eigenvalue weighted by atomic mass is 10.1. The Balaban J connectivity index is 0.00000341. The average Bonchev–Trinajstić information content (AvgIpc) is 3.25. The maximum Gasteiger partial charge on any atom is 0.191 e. The van der Waals surface area contributed by atoms with Crippen molar-refractivity contribution in [1.29, 1.82) is 0 Å². The molecule has 3 aromatic rings. The topological polar surface area (TPSA) is 58.5 Å². The number of hydrogen-bond acceptors (Lipinski definition) is 4. The van der Waals surface area contributed by atoms with E-state index in [-0.39, 0.29) is 24.0 Å². The molecule has 3 rings (SSSR count). The third kappa shape index (κ3) is 8.23. The molecule has 1 aromatic heterocycles. The van der Waals surface area contributed by atoms with E-state index in [9.17, 15) is 0 Å². The van der Waals surface area contributed by atoms with Crippen LogP contribution < -0.4 is 10.6 Å². The van der Waals surface area contributed by atoms with Crippen molar-refractivity contribution in [2.75, 3.05) is 7.05 Å². The van der Waals surface area contributed by atoms with Crippen LogP contribution in [0.15, 0.2) is 65.0 Å². The molecule has 0 aliphatic rings. The van der Waals surface area contributed by atoms with Gasteiger partial charge in [0.05, 0.1) is 25.5 Å². The molecule has 0 spiro atoms. The fraction of sp³-hybridized carbons (Fsp3) is 0.333. The van der Waals surface area contributed by atoms with E-state index in [2.05, 4.69) is 70.2 Å². The highest BCUT2D eigenvalue weighted by atomic mass is 127. The second-order valence-corrected chi connectivity index (χ2v) is 8.29. The van der Waals surface area contributed by atoms with E-state index in [1.807, 2.05) is 24.3 Å². The number of nitrogens with one attached hydrogen (secondary N) is 2. The van der Waals surface area contributed by atoms with Crippen LogP contribution in [0.4, 0.5) is 0 Å². The first-order chi connectivity index (χ1) is 14.7. The Bertz CT molecular complexity index is 944. The van der Waals surface area contributed by atoms with E-state index < -0.39 is 0 Å². The van der Waals surface area contributed by atoms with Gasteiger partial charge >= 0.3 is 0 Å². The molecular weight excluding hydrogens is 519 g/mol. The molecular formula is C24H31IN4OS. The zero-order chi connectivity index (χ0) is 21.2. The summed E-state index contributed by atoms with van der Waals surface area (Å²) in [7, 11) is 1.78. The maximum atomic E-state index is 5.93. The molecule has 0 amide bonds. The summed E-state index contributed by atoms with van der Waals surface area (Å²) in [6.45, 7) is 6.86. The highest BCUT2D eigenvalue weighted by Crippen LogP contribution is 2.17. The van der Waals surface area contributed by atoms with Gasteiger partial charge in [0, 0.05) is 19.0 Å². The number of rotatable bonds is 9. The molecule has 2 aromatic carbocycles. The van der Waals surface area contributed by atoms with Crippen molar-refractivity contribution in [1.82, 2.24) is 15.6 Å². The zero-order valence-electron chi connectivity index (χ0n) is 18.3. The summed E-state index contributed by atoms with van der Waals surface area (Å²) in [6, 6.07) is 18.6. The molecule has 0 fully saturated rings. The lowest BCUT2D eigenvalue weighted by Crippen LogP contribution is -2.36. The zero-order valence-corrected chi connectivity index (χ0v) is 21.4. The monoisotopic (exact) mass is 550 g/mol. The molecule has 0 unspecified atom stereocenters. The van der Waals surface area contributed by atoms with Gasteiger partial charge < -0.3 is 15.4 Å². The summed E-state index contributed by atoms with van der Waals surface area (Å²) in [5, 5.41) is 9.94. The molecule has 0 aliphatic carbocycles. The molecule has 0 atom stereocenters. The summed E-state index contributed by atoms with van der Waals surface area (Å²) in [5.74, 6) is 1.21. The number of aliphatic imine (C=N–C) groups is 1. The first kappa shape index (κ1) is 25.3. The average molecular weight is 551 g/mol.